The molecule has 1 rings (SSSR count). The molecule has 1 heterocycles. The van der Waals surface area contributed by atoms with Crippen molar-refractivity contribution in [3.8, 4) is 0 Å². The van der Waals surface area contributed by atoms with Crippen molar-refractivity contribution < 1.29 is 0 Å². The summed E-state index contributed by atoms with van der Waals surface area (Å²) in [6, 6.07) is 0. The third kappa shape index (κ3) is 22.0. The van der Waals surface area contributed by atoms with Crippen molar-refractivity contribution in [3.63, 3.8) is 0 Å². The van der Waals surface area contributed by atoms with E-state index in [2.05, 4.69) is 23.9 Å². The molecule has 2 heteroatoms. The minimum atomic E-state index is 1.32. The molecule has 0 N–H and O–H groups in total. The van der Waals surface area contributed by atoms with Crippen LogP contribution in [0.4, 0.5) is 0 Å². The van der Waals surface area contributed by atoms with Crippen LogP contribution in [-0.4, -0.2) is 36.2 Å². The summed E-state index contributed by atoms with van der Waals surface area (Å²) in [6.07, 6.45) is 40.8. The lowest BCUT2D eigenvalue weighted by molar-refractivity contribution is -0.112. The Bertz CT molecular complexity index is 372. The molecule has 0 aromatic carbocycles. The minimum absolute atomic E-state index is 1.32. The predicted molar refractivity (Wildman–Crippen MR) is 164 cm³/mol. The van der Waals surface area contributed by atoms with E-state index in [4.69, 9.17) is 0 Å². The molecule has 1 fully saturated rings. The molecule has 0 amide bonds. The summed E-state index contributed by atoms with van der Waals surface area (Å²) in [6.45, 7) is 9.88. The Hall–Kier alpha value is -0.0800. The van der Waals surface area contributed by atoms with Crippen LogP contribution in [0.1, 0.15) is 194 Å². The second-order valence-corrected chi connectivity index (χ2v) is 12.1. The molecule has 0 atom stereocenters. The third-order valence-corrected chi connectivity index (χ3v) is 8.56. The van der Waals surface area contributed by atoms with E-state index in [1.54, 1.807) is 0 Å². The van der Waals surface area contributed by atoms with Crippen molar-refractivity contribution in [2.75, 3.05) is 26.2 Å². The fraction of sp³-hybridized carbons (Fsp3) is 1.00. The molecule has 216 valence electrons. The first-order chi connectivity index (χ1) is 17.9. The molecule has 1 saturated heterocycles. The highest BCUT2D eigenvalue weighted by Crippen LogP contribution is 2.17. The molecule has 0 aromatic rings. The van der Waals surface area contributed by atoms with Gasteiger partial charge in [0.15, 0.2) is 0 Å². The zero-order chi connectivity index (χ0) is 25.8. The van der Waals surface area contributed by atoms with Crippen LogP contribution in [0.2, 0.25) is 0 Å². The van der Waals surface area contributed by atoms with Gasteiger partial charge in [0.25, 0.3) is 0 Å². The minimum Gasteiger partial charge on any atom is -0.240 e. The first kappa shape index (κ1) is 33.9. The molecule has 36 heavy (non-hydrogen) atoms. The third-order valence-electron chi connectivity index (χ3n) is 8.56. The van der Waals surface area contributed by atoms with E-state index < -0.39 is 0 Å². The van der Waals surface area contributed by atoms with Gasteiger partial charge in [-0.2, -0.15) is 0 Å². The number of hydrogen-bond acceptors (Lipinski definition) is 2. The van der Waals surface area contributed by atoms with Crippen LogP contribution in [0.5, 0.6) is 0 Å². The molecule has 1 aliphatic heterocycles. The maximum atomic E-state index is 2.64. The van der Waals surface area contributed by atoms with Crippen LogP contribution in [0.3, 0.4) is 0 Å². The SMILES string of the molecule is CCCCCCCCCCCCCCCCN1CCN1CCCCCCCCCCCCCCCC. The summed E-state index contributed by atoms with van der Waals surface area (Å²) in [5, 5.41) is 5.28. The van der Waals surface area contributed by atoms with Crippen LogP contribution >= 0.6 is 0 Å². The Morgan fingerprint density at radius 1 is 0.278 bits per heavy atom. The van der Waals surface area contributed by atoms with E-state index in [0.717, 1.165) is 0 Å². The molecule has 0 saturated carbocycles. The van der Waals surface area contributed by atoms with Crippen molar-refractivity contribution in [1.82, 2.24) is 10.0 Å². The van der Waals surface area contributed by atoms with E-state index in [0.29, 0.717) is 0 Å². The number of hydrogen-bond donors (Lipinski definition) is 0. The fourth-order valence-corrected chi connectivity index (χ4v) is 5.87. The molecular formula is C34H70N2. The van der Waals surface area contributed by atoms with E-state index in [1.807, 2.05) is 0 Å². The molecule has 0 bridgehead atoms. The summed E-state index contributed by atoms with van der Waals surface area (Å²) >= 11 is 0. The highest BCUT2D eigenvalue weighted by atomic mass is 15.7. The van der Waals surface area contributed by atoms with Gasteiger partial charge in [-0.3, -0.25) is 0 Å². The zero-order valence-corrected chi connectivity index (χ0v) is 25.5. The maximum absolute atomic E-state index is 2.64. The molecular weight excluding hydrogens is 436 g/mol. The lowest BCUT2D eigenvalue weighted by atomic mass is 10.0. The van der Waals surface area contributed by atoms with E-state index in [1.165, 1.54) is 206 Å². The Morgan fingerprint density at radius 2 is 0.472 bits per heavy atom. The van der Waals surface area contributed by atoms with Gasteiger partial charge >= 0.3 is 0 Å². The Labute approximate surface area is 229 Å². The Kier molecular flexibility index (Phi) is 26.3. The van der Waals surface area contributed by atoms with Gasteiger partial charge in [0.2, 0.25) is 0 Å². The first-order valence-electron chi connectivity index (χ1n) is 17.4. The second-order valence-electron chi connectivity index (χ2n) is 12.1. The summed E-state index contributed by atoms with van der Waals surface area (Å²) in [4.78, 5) is 0. The van der Waals surface area contributed by atoms with Crippen molar-refractivity contribution in [2.45, 2.75) is 194 Å². The molecule has 2 nitrogen and oxygen atoms in total. The van der Waals surface area contributed by atoms with Gasteiger partial charge in [-0.25, -0.2) is 10.0 Å². The van der Waals surface area contributed by atoms with Gasteiger partial charge in [0.1, 0.15) is 0 Å². The lowest BCUT2D eigenvalue weighted by Crippen LogP contribution is -2.57. The van der Waals surface area contributed by atoms with Crippen molar-refractivity contribution in [1.29, 1.82) is 0 Å². The average Bonchev–Trinajstić information content (AvgIpc) is 2.88. The molecule has 0 spiro atoms. The summed E-state index contributed by atoms with van der Waals surface area (Å²) in [7, 11) is 0. The number of nitrogens with zero attached hydrogens (tertiary/aromatic N) is 2. The van der Waals surface area contributed by atoms with Crippen LogP contribution in [-0.2, 0) is 0 Å². The second kappa shape index (κ2) is 27.9. The normalized spacial score (nSPS) is 14.5. The van der Waals surface area contributed by atoms with Crippen molar-refractivity contribution >= 4 is 0 Å². The van der Waals surface area contributed by atoms with Gasteiger partial charge in [-0.1, -0.05) is 181 Å². The highest BCUT2D eigenvalue weighted by Gasteiger charge is 2.23. The Morgan fingerprint density at radius 3 is 0.667 bits per heavy atom. The van der Waals surface area contributed by atoms with Crippen molar-refractivity contribution in [2.24, 2.45) is 0 Å². The quantitative estimate of drug-likeness (QED) is 0.0893. The molecule has 0 aromatic heterocycles. The monoisotopic (exact) mass is 507 g/mol. The number of unbranched alkanes of at least 4 members (excludes halogenated alkanes) is 26. The van der Waals surface area contributed by atoms with E-state index in [-0.39, 0.29) is 0 Å². The maximum Gasteiger partial charge on any atom is 0.0275 e. The van der Waals surface area contributed by atoms with Gasteiger partial charge < -0.3 is 0 Å². The smallest absolute Gasteiger partial charge is 0.0275 e. The van der Waals surface area contributed by atoms with Crippen LogP contribution in [0.25, 0.3) is 0 Å². The standard InChI is InChI=1S/C34H70N2/c1-3-5-7-9-11-13-15-17-19-21-23-25-27-29-31-35-33-34-36(35)32-30-28-26-24-22-20-18-16-14-12-10-8-6-4-2/h3-34H2,1-2H3. The van der Waals surface area contributed by atoms with Gasteiger partial charge in [0, 0.05) is 26.2 Å². The fourth-order valence-electron chi connectivity index (χ4n) is 5.87. The van der Waals surface area contributed by atoms with Crippen LogP contribution in [0.15, 0.2) is 0 Å². The molecule has 0 unspecified atom stereocenters. The molecule has 0 aliphatic carbocycles. The average molecular weight is 507 g/mol. The van der Waals surface area contributed by atoms with Crippen LogP contribution < -0.4 is 0 Å². The van der Waals surface area contributed by atoms with Gasteiger partial charge in [0.05, 0.1) is 0 Å². The largest absolute Gasteiger partial charge is 0.240 e. The van der Waals surface area contributed by atoms with Gasteiger partial charge in [-0.05, 0) is 12.8 Å². The predicted octanol–water partition coefficient (Wildman–Crippen LogP) is 11.5. The first-order valence-corrected chi connectivity index (χ1v) is 17.4. The van der Waals surface area contributed by atoms with Crippen molar-refractivity contribution in [3.05, 3.63) is 0 Å². The lowest BCUT2D eigenvalue weighted by Gasteiger charge is -2.44. The number of hydrazine groups is 1. The van der Waals surface area contributed by atoms with E-state index in [9.17, 15) is 0 Å². The summed E-state index contributed by atoms with van der Waals surface area (Å²) in [5.41, 5.74) is 0. The summed E-state index contributed by atoms with van der Waals surface area (Å²) in [5.74, 6) is 0. The molecule has 1 aliphatic rings. The van der Waals surface area contributed by atoms with Crippen LogP contribution in [0, 0.1) is 0 Å². The summed E-state index contributed by atoms with van der Waals surface area (Å²) < 4.78 is 0. The Balaban J connectivity index is 1.74. The van der Waals surface area contributed by atoms with E-state index >= 15 is 0 Å². The molecule has 0 radical (unpaired) electrons. The zero-order valence-electron chi connectivity index (χ0n) is 25.5. The highest BCUT2D eigenvalue weighted by molar-refractivity contribution is 4.70. The number of rotatable bonds is 30. The topological polar surface area (TPSA) is 6.48 Å². The van der Waals surface area contributed by atoms with Gasteiger partial charge in [-0.15, -0.1) is 0 Å².